The number of halogens is 1. The highest BCUT2D eigenvalue weighted by Gasteiger charge is 2.14. The van der Waals surface area contributed by atoms with Crippen molar-refractivity contribution in [3.05, 3.63) is 77.8 Å². The number of sulfonamides is 1. The van der Waals surface area contributed by atoms with Crippen LogP contribution in [-0.2, 0) is 16.4 Å². The first-order chi connectivity index (χ1) is 12.8. The third kappa shape index (κ3) is 4.60. The van der Waals surface area contributed by atoms with Crippen LogP contribution in [0.25, 0.3) is 11.3 Å². The molecular formula is C19H17FN2O4S. The lowest BCUT2D eigenvalue weighted by molar-refractivity contribution is 0.0927. The zero-order valence-electron chi connectivity index (χ0n) is 14.2. The van der Waals surface area contributed by atoms with Crippen LogP contribution in [0.4, 0.5) is 4.39 Å². The van der Waals surface area contributed by atoms with Crippen LogP contribution < -0.4 is 10.5 Å². The van der Waals surface area contributed by atoms with Gasteiger partial charge >= 0.3 is 0 Å². The summed E-state index contributed by atoms with van der Waals surface area (Å²) in [5, 5.41) is 7.75. The van der Waals surface area contributed by atoms with Gasteiger partial charge in [0.1, 0.15) is 11.6 Å². The third-order valence-corrected chi connectivity index (χ3v) is 4.85. The third-order valence-electron chi connectivity index (χ3n) is 3.92. The Labute approximate surface area is 155 Å². The van der Waals surface area contributed by atoms with Gasteiger partial charge in [0.05, 0.1) is 10.5 Å². The molecule has 27 heavy (non-hydrogen) atoms. The van der Waals surface area contributed by atoms with Gasteiger partial charge in [-0.2, -0.15) is 0 Å². The van der Waals surface area contributed by atoms with Crippen LogP contribution in [0.15, 0.2) is 70.0 Å². The van der Waals surface area contributed by atoms with Gasteiger partial charge in [-0.15, -0.1) is 0 Å². The minimum Gasteiger partial charge on any atom is -0.451 e. The number of hydrogen-bond donors (Lipinski definition) is 2. The number of primary sulfonamides is 1. The first kappa shape index (κ1) is 18.8. The zero-order valence-corrected chi connectivity index (χ0v) is 15.0. The maximum absolute atomic E-state index is 13.8. The molecule has 0 unspecified atom stereocenters. The summed E-state index contributed by atoms with van der Waals surface area (Å²) in [6, 6.07) is 15.3. The smallest absolute Gasteiger partial charge is 0.287 e. The van der Waals surface area contributed by atoms with E-state index in [0.29, 0.717) is 13.0 Å². The minimum atomic E-state index is -3.72. The van der Waals surface area contributed by atoms with Crippen LogP contribution in [0.3, 0.4) is 0 Å². The van der Waals surface area contributed by atoms with Crippen molar-refractivity contribution < 1.29 is 22.0 Å². The predicted molar refractivity (Wildman–Crippen MR) is 98.0 cm³/mol. The Hall–Kier alpha value is -2.97. The average Bonchev–Trinajstić information content (AvgIpc) is 3.12. The first-order valence-electron chi connectivity index (χ1n) is 8.09. The van der Waals surface area contributed by atoms with Gasteiger partial charge in [0.25, 0.3) is 5.91 Å². The fraction of sp³-hybridized carbons (Fsp3) is 0.105. The fourth-order valence-electron chi connectivity index (χ4n) is 2.52. The number of carbonyl (C=O) groups excluding carboxylic acids is 1. The van der Waals surface area contributed by atoms with Gasteiger partial charge in [0.15, 0.2) is 5.76 Å². The Kier molecular flexibility index (Phi) is 5.38. The lowest BCUT2D eigenvalue weighted by Crippen LogP contribution is -2.25. The highest BCUT2D eigenvalue weighted by atomic mass is 32.2. The molecule has 0 atom stereocenters. The quantitative estimate of drug-likeness (QED) is 0.678. The maximum Gasteiger partial charge on any atom is 0.287 e. The largest absolute Gasteiger partial charge is 0.451 e. The first-order valence-corrected chi connectivity index (χ1v) is 9.64. The van der Waals surface area contributed by atoms with E-state index in [1.54, 1.807) is 36.4 Å². The highest BCUT2D eigenvalue weighted by Crippen LogP contribution is 2.24. The van der Waals surface area contributed by atoms with Crippen molar-refractivity contribution in [2.75, 3.05) is 6.54 Å². The number of carbonyl (C=O) groups is 1. The molecule has 140 valence electrons. The molecule has 0 saturated heterocycles. The second kappa shape index (κ2) is 7.73. The molecular weight excluding hydrogens is 371 g/mol. The topological polar surface area (TPSA) is 102 Å². The summed E-state index contributed by atoms with van der Waals surface area (Å²) in [7, 11) is -3.72. The van der Waals surface area contributed by atoms with E-state index in [4.69, 9.17) is 9.56 Å². The molecule has 3 aromatic rings. The molecule has 8 heteroatoms. The van der Waals surface area contributed by atoms with E-state index in [0.717, 1.165) is 5.56 Å². The van der Waals surface area contributed by atoms with Crippen LogP contribution in [0.1, 0.15) is 16.1 Å². The Morgan fingerprint density at radius 3 is 2.41 bits per heavy atom. The summed E-state index contributed by atoms with van der Waals surface area (Å²) in [6.45, 7) is 0.323. The standard InChI is InChI=1S/C19H17FN2O4S/c20-16-4-2-1-3-15(16)17-9-10-18(26-17)19(23)22-12-11-13-5-7-14(8-6-13)27(21,24)25/h1-10H,11-12H2,(H,22,23)(H2,21,24,25). The SMILES string of the molecule is NS(=O)(=O)c1ccc(CCNC(=O)c2ccc(-c3ccccc3F)o2)cc1. The van der Waals surface area contributed by atoms with Gasteiger partial charge < -0.3 is 9.73 Å². The average molecular weight is 388 g/mol. The molecule has 1 aromatic heterocycles. The minimum absolute atomic E-state index is 0.0338. The van der Waals surface area contributed by atoms with Crippen LogP contribution in [0, 0.1) is 5.82 Å². The molecule has 1 amide bonds. The van der Waals surface area contributed by atoms with Crippen LogP contribution in [-0.4, -0.2) is 20.9 Å². The summed E-state index contributed by atoms with van der Waals surface area (Å²) in [6.07, 6.45) is 0.498. The molecule has 0 spiro atoms. The molecule has 1 heterocycles. The zero-order chi connectivity index (χ0) is 19.4. The Morgan fingerprint density at radius 1 is 1.04 bits per heavy atom. The molecule has 0 aliphatic carbocycles. The van der Waals surface area contributed by atoms with E-state index in [1.165, 1.54) is 24.3 Å². The van der Waals surface area contributed by atoms with E-state index in [1.807, 2.05) is 0 Å². The van der Waals surface area contributed by atoms with Gasteiger partial charge in [-0.25, -0.2) is 17.9 Å². The second-order valence-electron chi connectivity index (χ2n) is 5.84. The molecule has 3 rings (SSSR count). The van der Waals surface area contributed by atoms with Crippen molar-refractivity contribution in [2.24, 2.45) is 5.14 Å². The van der Waals surface area contributed by atoms with E-state index >= 15 is 0 Å². The van der Waals surface area contributed by atoms with Gasteiger partial charge in [-0.3, -0.25) is 4.79 Å². The molecule has 0 saturated carbocycles. The van der Waals surface area contributed by atoms with Crippen LogP contribution in [0.5, 0.6) is 0 Å². The van der Waals surface area contributed by atoms with Crippen molar-refractivity contribution in [1.29, 1.82) is 0 Å². The molecule has 6 nitrogen and oxygen atoms in total. The van der Waals surface area contributed by atoms with Gasteiger partial charge in [-0.05, 0) is 48.4 Å². The van der Waals surface area contributed by atoms with Crippen LogP contribution in [0.2, 0.25) is 0 Å². The summed E-state index contributed by atoms with van der Waals surface area (Å²) in [5.41, 5.74) is 1.13. The predicted octanol–water partition coefficient (Wildman–Crippen LogP) is 2.71. The van der Waals surface area contributed by atoms with E-state index in [-0.39, 0.29) is 22.0 Å². The summed E-state index contributed by atoms with van der Waals surface area (Å²) in [4.78, 5) is 12.2. The molecule has 0 aliphatic rings. The number of benzene rings is 2. The van der Waals surface area contributed by atoms with E-state index in [9.17, 15) is 17.6 Å². The number of nitrogens with two attached hydrogens (primary N) is 1. The Bertz CT molecular complexity index is 1060. The van der Waals surface area contributed by atoms with Crippen molar-refractivity contribution >= 4 is 15.9 Å². The second-order valence-corrected chi connectivity index (χ2v) is 7.40. The molecule has 0 radical (unpaired) electrons. The van der Waals surface area contributed by atoms with Crippen molar-refractivity contribution in [3.8, 4) is 11.3 Å². The maximum atomic E-state index is 13.8. The summed E-state index contributed by atoms with van der Waals surface area (Å²) < 4.78 is 41.6. The molecule has 0 bridgehead atoms. The number of nitrogens with one attached hydrogen (secondary N) is 1. The number of amides is 1. The van der Waals surface area contributed by atoms with Gasteiger partial charge in [0, 0.05) is 6.54 Å². The number of furan rings is 1. The highest BCUT2D eigenvalue weighted by molar-refractivity contribution is 7.89. The van der Waals surface area contributed by atoms with Crippen LogP contribution >= 0.6 is 0 Å². The van der Waals surface area contributed by atoms with E-state index < -0.39 is 21.7 Å². The monoisotopic (exact) mass is 388 g/mol. The molecule has 0 aliphatic heterocycles. The molecule has 2 aromatic carbocycles. The number of hydrogen-bond acceptors (Lipinski definition) is 4. The van der Waals surface area contributed by atoms with Gasteiger partial charge in [0.2, 0.25) is 10.0 Å². The Morgan fingerprint density at radius 2 is 1.74 bits per heavy atom. The summed E-state index contributed by atoms with van der Waals surface area (Å²) >= 11 is 0. The normalized spacial score (nSPS) is 11.3. The van der Waals surface area contributed by atoms with Crippen molar-refractivity contribution in [2.45, 2.75) is 11.3 Å². The number of rotatable bonds is 6. The Balaban J connectivity index is 1.58. The fourth-order valence-corrected chi connectivity index (χ4v) is 3.03. The van der Waals surface area contributed by atoms with Crippen molar-refractivity contribution in [3.63, 3.8) is 0 Å². The van der Waals surface area contributed by atoms with Gasteiger partial charge in [-0.1, -0.05) is 24.3 Å². The summed E-state index contributed by atoms with van der Waals surface area (Å²) in [5.74, 6) is -0.491. The molecule has 0 fully saturated rings. The lowest BCUT2D eigenvalue weighted by atomic mass is 10.1. The van der Waals surface area contributed by atoms with E-state index in [2.05, 4.69) is 5.32 Å². The van der Waals surface area contributed by atoms with Crippen molar-refractivity contribution in [1.82, 2.24) is 5.32 Å². The molecule has 3 N–H and O–H groups in total. The lowest BCUT2D eigenvalue weighted by Gasteiger charge is -2.05.